The number of hydrogen-bond acceptors (Lipinski definition) is 1. The van der Waals surface area contributed by atoms with Crippen molar-refractivity contribution in [1.29, 1.82) is 0 Å². The fourth-order valence-corrected chi connectivity index (χ4v) is 3.53. The summed E-state index contributed by atoms with van der Waals surface area (Å²) in [5, 5.41) is 3.51. The van der Waals surface area contributed by atoms with Crippen LogP contribution in [0.1, 0.15) is 43.0 Å². The Kier molecular flexibility index (Phi) is 4.01. The lowest BCUT2D eigenvalue weighted by atomic mass is 9.86. The van der Waals surface area contributed by atoms with Crippen LogP contribution in [0, 0.1) is 0 Å². The SMILES string of the molecule is CCc1cc(CC)c(-c2cccc3c2CCN3)c(CC)c1. The molecule has 2 aromatic carbocycles. The molecule has 0 bridgehead atoms. The molecule has 1 heteroatoms. The molecule has 0 saturated heterocycles. The van der Waals surface area contributed by atoms with E-state index in [-0.39, 0.29) is 0 Å². The second-order valence-electron chi connectivity index (χ2n) is 5.86. The van der Waals surface area contributed by atoms with Crippen molar-refractivity contribution in [2.24, 2.45) is 0 Å². The van der Waals surface area contributed by atoms with Crippen LogP contribution in [0.15, 0.2) is 30.3 Å². The Morgan fingerprint density at radius 3 is 2.29 bits per heavy atom. The predicted octanol–water partition coefficient (Wildman–Crippen LogP) is 5.01. The van der Waals surface area contributed by atoms with Gasteiger partial charge in [-0.25, -0.2) is 0 Å². The highest BCUT2D eigenvalue weighted by Gasteiger charge is 2.18. The van der Waals surface area contributed by atoms with Gasteiger partial charge in [-0.2, -0.15) is 0 Å². The molecule has 1 N–H and O–H groups in total. The molecule has 2 aromatic rings. The van der Waals surface area contributed by atoms with Gasteiger partial charge in [0.05, 0.1) is 0 Å². The molecule has 110 valence electrons. The fraction of sp³-hybridized carbons (Fsp3) is 0.400. The summed E-state index contributed by atoms with van der Waals surface area (Å²) in [6, 6.07) is 11.5. The number of benzene rings is 2. The largest absolute Gasteiger partial charge is 0.384 e. The lowest BCUT2D eigenvalue weighted by molar-refractivity contribution is 1.04. The van der Waals surface area contributed by atoms with Crippen LogP contribution in [0.3, 0.4) is 0 Å². The highest BCUT2D eigenvalue weighted by molar-refractivity contribution is 5.80. The second kappa shape index (κ2) is 5.93. The first-order valence-corrected chi connectivity index (χ1v) is 8.29. The van der Waals surface area contributed by atoms with Gasteiger partial charge in [-0.1, -0.05) is 45.0 Å². The average Bonchev–Trinajstić information content (AvgIpc) is 3.02. The number of hydrogen-bond donors (Lipinski definition) is 1. The van der Waals surface area contributed by atoms with Crippen molar-refractivity contribution in [2.45, 2.75) is 46.5 Å². The zero-order valence-corrected chi connectivity index (χ0v) is 13.4. The molecular formula is C20H25N. The topological polar surface area (TPSA) is 12.0 Å². The third-order valence-electron chi connectivity index (χ3n) is 4.67. The van der Waals surface area contributed by atoms with Crippen LogP contribution in [0.4, 0.5) is 5.69 Å². The number of anilines is 1. The minimum absolute atomic E-state index is 1.07. The van der Waals surface area contributed by atoms with E-state index in [4.69, 9.17) is 0 Å². The normalized spacial score (nSPS) is 13.1. The quantitative estimate of drug-likeness (QED) is 0.829. The van der Waals surface area contributed by atoms with E-state index in [1.54, 1.807) is 0 Å². The maximum atomic E-state index is 3.51. The molecular weight excluding hydrogens is 254 g/mol. The molecule has 1 aliphatic heterocycles. The lowest BCUT2D eigenvalue weighted by Gasteiger charge is -2.18. The average molecular weight is 279 g/mol. The van der Waals surface area contributed by atoms with Crippen molar-refractivity contribution < 1.29 is 0 Å². The smallest absolute Gasteiger partial charge is 0.0379 e. The Hall–Kier alpha value is -1.76. The van der Waals surface area contributed by atoms with Gasteiger partial charge in [0.15, 0.2) is 0 Å². The van der Waals surface area contributed by atoms with Gasteiger partial charge < -0.3 is 5.32 Å². The number of aryl methyl sites for hydroxylation is 3. The third kappa shape index (κ3) is 2.46. The van der Waals surface area contributed by atoms with Gasteiger partial charge in [0.1, 0.15) is 0 Å². The van der Waals surface area contributed by atoms with Gasteiger partial charge in [0.2, 0.25) is 0 Å². The lowest BCUT2D eigenvalue weighted by Crippen LogP contribution is -1.99. The van der Waals surface area contributed by atoms with E-state index in [0.717, 1.165) is 32.2 Å². The van der Waals surface area contributed by atoms with E-state index < -0.39 is 0 Å². The van der Waals surface area contributed by atoms with Gasteiger partial charge in [-0.05, 0) is 65.1 Å². The van der Waals surface area contributed by atoms with Crippen molar-refractivity contribution in [1.82, 2.24) is 0 Å². The van der Waals surface area contributed by atoms with Crippen LogP contribution in [0.2, 0.25) is 0 Å². The van der Waals surface area contributed by atoms with Crippen LogP contribution < -0.4 is 5.32 Å². The van der Waals surface area contributed by atoms with E-state index >= 15 is 0 Å². The molecule has 0 saturated carbocycles. The fourth-order valence-electron chi connectivity index (χ4n) is 3.53. The minimum atomic E-state index is 1.07. The van der Waals surface area contributed by atoms with Crippen molar-refractivity contribution in [3.63, 3.8) is 0 Å². The van der Waals surface area contributed by atoms with Crippen LogP contribution in [-0.4, -0.2) is 6.54 Å². The second-order valence-corrected chi connectivity index (χ2v) is 5.86. The maximum absolute atomic E-state index is 3.51. The zero-order chi connectivity index (χ0) is 14.8. The van der Waals surface area contributed by atoms with Crippen LogP contribution >= 0.6 is 0 Å². The van der Waals surface area contributed by atoms with E-state index in [1.807, 2.05) is 0 Å². The van der Waals surface area contributed by atoms with Crippen molar-refractivity contribution in [2.75, 3.05) is 11.9 Å². The van der Waals surface area contributed by atoms with E-state index in [2.05, 4.69) is 56.4 Å². The molecule has 0 spiro atoms. The summed E-state index contributed by atoms with van der Waals surface area (Å²) < 4.78 is 0. The molecule has 0 unspecified atom stereocenters. The summed E-state index contributed by atoms with van der Waals surface area (Å²) in [7, 11) is 0. The number of nitrogens with one attached hydrogen (secondary N) is 1. The van der Waals surface area contributed by atoms with Crippen LogP contribution in [-0.2, 0) is 25.7 Å². The van der Waals surface area contributed by atoms with Crippen LogP contribution in [0.5, 0.6) is 0 Å². The Morgan fingerprint density at radius 1 is 0.952 bits per heavy atom. The Balaban J connectivity index is 2.25. The van der Waals surface area contributed by atoms with Crippen molar-refractivity contribution >= 4 is 5.69 Å². The first-order valence-electron chi connectivity index (χ1n) is 8.29. The molecule has 1 heterocycles. The van der Waals surface area contributed by atoms with Crippen molar-refractivity contribution in [3.05, 3.63) is 52.6 Å². The summed E-state index contributed by atoms with van der Waals surface area (Å²) in [4.78, 5) is 0. The molecule has 0 atom stereocenters. The number of fused-ring (bicyclic) bond motifs is 1. The van der Waals surface area contributed by atoms with Gasteiger partial charge in [0, 0.05) is 12.2 Å². The van der Waals surface area contributed by atoms with Gasteiger partial charge in [-0.15, -0.1) is 0 Å². The van der Waals surface area contributed by atoms with Crippen LogP contribution in [0.25, 0.3) is 11.1 Å². The standard InChI is InChI=1S/C20H25N/c1-4-14-12-15(5-2)20(16(6-3)13-14)18-8-7-9-19-17(18)10-11-21-19/h7-9,12-13,21H,4-6,10-11H2,1-3H3. The van der Waals surface area contributed by atoms with E-state index in [9.17, 15) is 0 Å². The molecule has 1 aliphatic rings. The summed E-state index contributed by atoms with van der Waals surface area (Å²) in [6.07, 6.45) is 4.47. The van der Waals surface area contributed by atoms with Gasteiger partial charge in [-0.3, -0.25) is 0 Å². The highest BCUT2D eigenvalue weighted by Crippen LogP contribution is 2.37. The molecule has 0 amide bonds. The van der Waals surface area contributed by atoms with Gasteiger partial charge in [0.25, 0.3) is 0 Å². The number of rotatable bonds is 4. The maximum Gasteiger partial charge on any atom is 0.0379 e. The molecule has 21 heavy (non-hydrogen) atoms. The molecule has 1 nitrogen and oxygen atoms in total. The predicted molar refractivity (Wildman–Crippen MR) is 92.2 cm³/mol. The summed E-state index contributed by atoms with van der Waals surface area (Å²) in [6.45, 7) is 7.87. The molecule has 0 aliphatic carbocycles. The summed E-state index contributed by atoms with van der Waals surface area (Å²) in [5.74, 6) is 0. The van der Waals surface area contributed by atoms with E-state index in [1.165, 1.54) is 39.1 Å². The van der Waals surface area contributed by atoms with Crippen molar-refractivity contribution in [3.8, 4) is 11.1 Å². The molecule has 3 rings (SSSR count). The molecule has 0 fully saturated rings. The molecule has 0 aromatic heterocycles. The molecule has 0 radical (unpaired) electrons. The first kappa shape index (κ1) is 14.2. The Labute approximate surface area is 128 Å². The van der Waals surface area contributed by atoms with Gasteiger partial charge >= 0.3 is 0 Å². The highest BCUT2D eigenvalue weighted by atomic mass is 14.9. The Bertz CT molecular complexity index is 630. The zero-order valence-electron chi connectivity index (χ0n) is 13.4. The third-order valence-corrected chi connectivity index (χ3v) is 4.67. The minimum Gasteiger partial charge on any atom is -0.384 e. The summed E-state index contributed by atoms with van der Waals surface area (Å²) in [5.41, 5.74) is 10.3. The Morgan fingerprint density at radius 2 is 1.67 bits per heavy atom. The first-order chi connectivity index (χ1) is 10.3. The van der Waals surface area contributed by atoms with E-state index in [0.29, 0.717) is 0 Å². The summed E-state index contributed by atoms with van der Waals surface area (Å²) >= 11 is 0. The monoisotopic (exact) mass is 279 g/mol.